The minimum atomic E-state index is 0. The number of thiazole rings is 1. The molecule has 146 valence electrons. The number of halogens is 1. The highest BCUT2D eigenvalue weighted by atomic mass is 35.5. The van der Waals surface area contributed by atoms with E-state index in [4.69, 9.17) is 4.98 Å². The van der Waals surface area contributed by atoms with Gasteiger partial charge in [0.1, 0.15) is 5.82 Å². The van der Waals surface area contributed by atoms with E-state index in [1.54, 1.807) is 11.3 Å². The molecule has 2 aliphatic heterocycles. The lowest BCUT2D eigenvalue weighted by molar-refractivity contribution is 0.297. The molecule has 2 aliphatic rings. The van der Waals surface area contributed by atoms with E-state index in [1.165, 1.54) is 41.8 Å². The van der Waals surface area contributed by atoms with Crippen LogP contribution in [-0.2, 0) is 6.42 Å². The van der Waals surface area contributed by atoms with Gasteiger partial charge in [-0.25, -0.2) is 9.97 Å². The molecule has 0 spiro atoms. The predicted octanol–water partition coefficient (Wildman–Crippen LogP) is 5.44. The monoisotopic (exact) mass is 412 g/mol. The molecule has 0 amide bonds. The van der Waals surface area contributed by atoms with Crippen LogP contribution in [0.25, 0.3) is 10.4 Å². The van der Waals surface area contributed by atoms with Crippen molar-refractivity contribution in [1.82, 2.24) is 15.3 Å². The van der Waals surface area contributed by atoms with Crippen molar-refractivity contribution in [2.75, 3.05) is 5.32 Å². The molecule has 2 fully saturated rings. The number of anilines is 2. The number of rotatable bonds is 5. The van der Waals surface area contributed by atoms with Crippen LogP contribution in [0.5, 0.6) is 0 Å². The van der Waals surface area contributed by atoms with E-state index in [-0.39, 0.29) is 12.4 Å². The zero-order valence-electron chi connectivity index (χ0n) is 15.7. The quantitative estimate of drug-likeness (QED) is 0.585. The molecule has 2 saturated heterocycles. The highest BCUT2D eigenvalue weighted by Crippen LogP contribution is 2.33. The molecule has 2 aromatic heterocycles. The number of aromatic nitrogens is 2. The zero-order valence-corrected chi connectivity index (χ0v) is 17.3. The molecule has 0 aliphatic carbocycles. The second-order valence-electron chi connectivity index (χ2n) is 7.71. The SMILES string of the molecule is Cl.c1ccc(-c2cnc(Nc3cccc(CC4CC5CCC(C4)N5)n3)s2)cc1. The van der Waals surface area contributed by atoms with Gasteiger partial charge in [0.2, 0.25) is 0 Å². The van der Waals surface area contributed by atoms with Gasteiger partial charge in [-0.15, -0.1) is 12.4 Å². The summed E-state index contributed by atoms with van der Waals surface area (Å²) < 4.78 is 0. The summed E-state index contributed by atoms with van der Waals surface area (Å²) >= 11 is 1.66. The molecule has 2 bridgehead atoms. The van der Waals surface area contributed by atoms with Crippen LogP contribution in [0.3, 0.4) is 0 Å². The number of hydrogen-bond acceptors (Lipinski definition) is 5. The van der Waals surface area contributed by atoms with Gasteiger partial charge < -0.3 is 10.6 Å². The minimum absolute atomic E-state index is 0. The Morgan fingerprint density at radius 2 is 1.79 bits per heavy atom. The standard InChI is InChI=1S/C22H24N4S.ClH/c1-2-5-16(6-3-1)20-14-23-22(27-20)26-21-8-4-7-17(25-21)11-15-12-18-9-10-19(13-15)24-18;/h1-8,14-15,18-19,24H,9-13H2,(H,23,25,26);1H. The Balaban J connectivity index is 0.00000192. The van der Waals surface area contributed by atoms with Gasteiger partial charge in [0, 0.05) is 24.0 Å². The maximum atomic E-state index is 4.85. The number of piperidine rings is 1. The van der Waals surface area contributed by atoms with Gasteiger partial charge in [-0.05, 0) is 55.7 Å². The minimum Gasteiger partial charge on any atom is -0.316 e. The molecule has 4 nitrogen and oxygen atoms in total. The summed E-state index contributed by atoms with van der Waals surface area (Å²) in [5, 5.41) is 8.00. The lowest BCUT2D eigenvalue weighted by atomic mass is 9.88. The van der Waals surface area contributed by atoms with Gasteiger partial charge in [0.15, 0.2) is 5.13 Å². The summed E-state index contributed by atoms with van der Waals surface area (Å²) in [6, 6.07) is 18.1. The molecule has 2 atom stereocenters. The van der Waals surface area contributed by atoms with Crippen molar-refractivity contribution < 1.29 is 0 Å². The van der Waals surface area contributed by atoms with Crippen LogP contribution in [0.2, 0.25) is 0 Å². The Morgan fingerprint density at radius 3 is 2.57 bits per heavy atom. The van der Waals surface area contributed by atoms with E-state index in [1.807, 2.05) is 18.3 Å². The van der Waals surface area contributed by atoms with Crippen LogP contribution in [0.15, 0.2) is 54.7 Å². The third kappa shape index (κ3) is 4.37. The molecule has 1 aromatic carbocycles. The van der Waals surface area contributed by atoms with Crippen LogP contribution in [0, 0.1) is 5.92 Å². The second-order valence-corrected chi connectivity index (χ2v) is 8.74. The Hall–Kier alpha value is -1.95. The van der Waals surface area contributed by atoms with Crippen molar-refractivity contribution in [3.8, 4) is 10.4 Å². The van der Waals surface area contributed by atoms with Crippen LogP contribution in [-0.4, -0.2) is 22.1 Å². The molecule has 6 heteroatoms. The number of hydrogen-bond donors (Lipinski definition) is 2. The largest absolute Gasteiger partial charge is 0.316 e. The fourth-order valence-electron chi connectivity index (χ4n) is 4.48. The first kappa shape index (κ1) is 19.4. The van der Waals surface area contributed by atoms with E-state index in [2.05, 4.69) is 52.0 Å². The number of nitrogens with zero attached hydrogens (tertiary/aromatic N) is 2. The lowest BCUT2D eigenvalue weighted by Crippen LogP contribution is -2.38. The van der Waals surface area contributed by atoms with E-state index in [0.717, 1.165) is 35.4 Å². The van der Waals surface area contributed by atoms with Crippen molar-refractivity contribution in [1.29, 1.82) is 0 Å². The molecule has 2 N–H and O–H groups in total. The summed E-state index contributed by atoms with van der Waals surface area (Å²) in [7, 11) is 0. The van der Waals surface area contributed by atoms with Gasteiger partial charge in [-0.1, -0.05) is 47.7 Å². The maximum Gasteiger partial charge on any atom is 0.188 e. The Morgan fingerprint density at radius 1 is 1.00 bits per heavy atom. The van der Waals surface area contributed by atoms with E-state index < -0.39 is 0 Å². The Labute approximate surface area is 176 Å². The fraction of sp³-hybridized carbons (Fsp3) is 0.364. The van der Waals surface area contributed by atoms with Gasteiger partial charge in [-0.3, -0.25) is 0 Å². The van der Waals surface area contributed by atoms with Gasteiger partial charge in [0.05, 0.1) is 4.88 Å². The number of nitrogens with one attached hydrogen (secondary N) is 2. The average molecular weight is 413 g/mol. The normalized spacial score (nSPS) is 23.2. The first-order chi connectivity index (χ1) is 13.3. The molecule has 0 saturated carbocycles. The molecule has 0 radical (unpaired) electrons. The van der Waals surface area contributed by atoms with Crippen LogP contribution in [0.4, 0.5) is 10.9 Å². The Kier molecular flexibility index (Phi) is 5.95. The maximum absolute atomic E-state index is 4.85. The summed E-state index contributed by atoms with van der Waals surface area (Å²) in [4.78, 5) is 10.5. The molecule has 5 rings (SSSR count). The van der Waals surface area contributed by atoms with Gasteiger partial charge >= 0.3 is 0 Å². The van der Waals surface area contributed by atoms with Crippen molar-refractivity contribution in [3.63, 3.8) is 0 Å². The average Bonchev–Trinajstić information content (AvgIpc) is 3.29. The second kappa shape index (κ2) is 8.60. The summed E-state index contributed by atoms with van der Waals surface area (Å²) in [5.74, 6) is 1.65. The summed E-state index contributed by atoms with van der Waals surface area (Å²) in [5.41, 5.74) is 2.39. The van der Waals surface area contributed by atoms with E-state index in [9.17, 15) is 0 Å². The molecular formula is C22H25ClN4S. The number of pyridine rings is 1. The highest BCUT2D eigenvalue weighted by molar-refractivity contribution is 7.18. The lowest BCUT2D eigenvalue weighted by Gasteiger charge is -2.28. The van der Waals surface area contributed by atoms with Crippen molar-refractivity contribution in [2.24, 2.45) is 5.92 Å². The fourth-order valence-corrected chi connectivity index (χ4v) is 5.31. The Bertz CT molecular complexity index is 902. The topological polar surface area (TPSA) is 49.8 Å². The van der Waals surface area contributed by atoms with Crippen molar-refractivity contribution in [2.45, 2.75) is 44.2 Å². The first-order valence-corrected chi connectivity index (χ1v) is 10.6. The third-order valence-electron chi connectivity index (χ3n) is 5.67. The summed E-state index contributed by atoms with van der Waals surface area (Å²) in [6.45, 7) is 0. The molecule has 2 unspecified atom stereocenters. The van der Waals surface area contributed by atoms with Gasteiger partial charge in [-0.2, -0.15) is 0 Å². The highest BCUT2D eigenvalue weighted by Gasteiger charge is 2.33. The smallest absolute Gasteiger partial charge is 0.188 e. The van der Waals surface area contributed by atoms with E-state index in [0.29, 0.717) is 0 Å². The zero-order chi connectivity index (χ0) is 18.1. The molecule has 28 heavy (non-hydrogen) atoms. The van der Waals surface area contributed by atoms with E-state index >= 15 is 0 Å². The molecule has 4 heterocycles. The first-order valence-electron chi connectivity index (χ1n) is 9.82. The van der Waals surface area contributed by atoms with Gasteiger partial charge in [0.25, 0.3) is 0 Å². The predicted molar refractivity (Wildman–Crippen MR) is 119 cm³/mol. The third-order valence-corrected chi connectivity index (χ3v) is 6.64. The van der Waals surface area contributed by atoms with Crippen LogP contribution < -0.4 is 10.6 Å². The van der Waals surface area contributed by atoms with Crippen LogP contribution >= 0.6 is 23.7 Å². The van der Waals surface area contributed by atoms with Crippen molar-refractivity contribution in [3.05, 3.63) is 60.4 Å². The number of benzene rings is 1. The summed E-state index contributed by atoms with van der Waals surface area (Å²) in [6.07, 6.45) is 8.30. The molecule has 3 aromatic rings. The number of fused-ring (bicyclic) bond motifs is 2. The van der Waals surface area contributed by atoms with Crippen LogP contribution in [0.1, 0.15) is 31.4 Å². The molecular weight excluding hydrogens is 388 g/mol. The van der Waals surface area contributed by atoms with Crippen molar-refractivity contribution >= 4 is 34.7 Å².